The van der Waals surface area contributed by atoms with Crippen LogP contribution in [0.4, 0.5) is 5.00 Å². The number of rotatable bonds is 6. The van der Waals surface area contributed by atoms with Gasteiger partial charge in [-0.2, -0.15) is 0 Å². The molecule has 3 aromatic heterocycles. The molecule has 9 nitrogen and oxygen atoms in total. The largest absolute Gasteiger partial charge is 0.467 e. The van der Waals surface area contributed by atoms with Gasteiger partial charge in [0.25, 0.3) is 11.8 Å². The fraction of sp³-hybridized carbons (Fsp3) is 0.263. The van der Waals surface area contributed by atoms with E-state index in [0.717, 1.165) is 42.2 Å². The molecule has 0 aromatic carbocycles. The maximum absolute atomic E-state index is 12.9. The Balaban J connectivity index is 1.62. The molecule has 3 heterocycles. The standard InChI is InChI=1S/C19H17ClN4O5S2/c1-31(27,28)19-22-9-12(20)15(23-19)17(26)24-18-14(11-5-2-6-13(11)30-18)16(25)21-8-10-4-3-7-29-10/h3-4,7,9H,2,5-6,8H2,1H3,(H,21,25)(H,24,26). The van der Waals surface area contributed by atoms with Crippen molar-refractivity contribution >= 4 is 49.6 Å². The molecule has 0 fully saturated rings. The van der Waals surface area contributed by atoms with E-state index in [1.807, 2.05) is 0 Å². The molecule has 2 N–H and O–H groups in total. The van der Waals surface area contributed by atoms with E-state index in [1.165, 1.54) is 17.6 Å². The molecule has 0 spiro atoms. The number of hydrogen-bond donors (Lipinski definition) is 2. The third-order valence-corrected chi connectivity index (χ3v) is 6.99. The molecule has 0 aliphatic heterocycles. The Kier molecular flexibility index (Phi) is 5.82. The molecule has 0 bridgehead atoms. The number of thiophene rings is 1. The number of furan rings is 1. The Hall–Kier alpha value is -2.76. The van der Waals surface area contributed by atoms with Crippen LogP contribution in [0.2, 0.25) is 5.02 Å². The lowest BCUT2D eigenvalue weighted by atomic mass is 10.1. The van der Waals surface area contributed by atoms with Gasteiger partial charge in [-0.25, -0.2) is 18.4 Å². The number of amides is 2. The van der Waals surface area contributed by atoms with Crippen molar-refractivity contribution in [1.29, 1.82) is 0 Å². The summed E-state index contributed by atoms with van der Waals surface area (Å²) in [6, 6.07) is 3.48. The molecule has 0 radical (unpaired) electrons. The first-order chi connectivity index (χ1) is 14.7. The van der Waals surface area contributed by atoms with Crippen LogP contribution < -0.4 is 10.6 Å². The van der Waals surface area contributed by atoms with E-state index >= 15 is 0 Å². The second-order valence-corrected chi connectivity index (χ2v) is 10.3. The zero-order chi connectivity index (χ0) is 22.2. The Bertz CT molecular complexity index is 1270. The van der Waals surface area contributed by atoms with Crippen LogP contribution in [-0.4, -0.2) is 36.5 Å². The van der Waals surface area contributed by atoms with Crippen molar-refractivity contribution < 1.29 is 22.4 Å². The third kappa shape index (κ3) is 4.48. The number of anilines is 1. The van der Waals surface area contributed by atoms with Crippen LogP contribution in [0.15, 0.2) is 34.2 Å². The van der Waals surface area contributed by atoms with Crippen LogP contribution in [-0.2, 0) is 29.2 Å². The van der Waals surface area contributed by atoms with Crippen molar-refractivity contribution in [3.05, 3.63) is 57.1 Å². The molecule has 0 saturated carbocycles. The lowest BCUT2D eigenvalue weighted by Crippen LogP contribution is -2.25. The molecule has 1 aliphatic rings. The average Bonchev–Trinajstić information content (AvgIpc) is 3.43. The number of carbonyl (C=O) groups is 2. The molecule has 12 heteroatoms. The van der Waals surface area contributed by atoms with Crippen LogP contribution >= 0.6 is 22.9 Å². The van der Waals surface area contributed by atoms with Gasteiger partial charge >= 0.3 is 0 Å². The number of sulfone groups is 1. The van der Waals surface area contributed by atoms with Gasteiger partial charge in [-0.3, -0.25) is 9.59 Å². The third-order valence-electron chi connectivity index (χ3n) is 4.65. The van der Waals surface area contributed by atoms with Gasteiger partial charge in [-0.15, -0.1) is 11.3 Å². The maximum Gasteiger partial charge on any atom is 0.276 e. The van der Waals surface area contributed by atoms with Gasteiger partial charge in [0.2, 0.25) is 15.0 Å². The Morgan fingerprint density at radius 2 is 2.10 bits per heavy atom. The minimum atomic E-state index is -3.73. The van der Waals surface area contributed by atoms with Crippen LogP contribution in [0.1, 0.15) is 43.5 Å². The second-order valence-electron chi connectivity index (χ2n) is 6.90. The van der Waals surface area contributed by atoms with Crippen molar-refractivity contribution in [3.63, 3.8) is 0 Å². The Morgan fingerprint density at radius 3 is 2.81 bits per heavy atom. The van der Waals surface area contributed by atoms with E-state index in [4.69, 9.17) is 16.0 Å². The fourth-order valence-electron chi connectivity index (χ4n) is 3.25. The molecular weight excluding hydrogens is 464 g/mol. The number of aryl methyl sites for hydroxylation is 1. The topological polar surface area (TPSA) is 131 Å². The summed E-state index contributed by atoms with van der Waals surface area (Å²) in [5.41, 5.74) is 1.02. The summed E-state index contributed by atoms with van der Waals surface area (Å²) in [5.74, 6) is -0.458. The summed E-state index contributed by atoms with van der Waals surface area (Å²) >= 11 is 7.34. The minimum absolute atomic E-state index is 0.0992. The fourth-order valence-corrected chi connectivity index (χ4v) is 5.21. The summed E-state index contributed by atoms with van der Waals surface area (Å²) in [5, 5.41) is 5.23. The quantitative estimate of drug-likeness (QED) is 0.518. The van der Waals surface area contributed by atoms with Crippen molar-refractivity contribution in [2.24, 2.45) is 0 Å². The highest BCUT2D eigenvalue weighted by atomic mass is 35.5. The second kappa shape index (κ2) is 8.40. The molecule has 31 heavy (non-hydrogen) atoms. The highest BCUT2D eigenvalue weighted by molar-refractivity contribution is 7.90. The molecule has 162 valence electrons. The first-order valence-electron chi connectivity index (χ1n) is 9.23. The predicted octanol–water partition coefficient (Wildman–Crippen LogP) is 2.86. The normalized spacial score (nSPS) is 13.1. The molecule has 0 unspecified atom stereocenters. The van der Waals surface area contributed by atoms with E-state index in [9.17, 15) is 18.0 Å². The van der Waals surface area contributed by atoms with Crippen LogP contribution in [0, 0.1) is 0 Å². The number of aromatic nitrogens is 2. The van der Waals surface area contributed by atoms with Gasteiger partial charge in [0.15, 0.2) is 5.69 Å². The van der Waals surface area contributed by atoms with Gasteiger partial charge in [-0.05, 0) is 37.0 Å². The molecule has 2 amide bonds. The monoisotopic (exact) mass is 480 g/mol. The maximum atomic E-state index is 12.9. The van der Waals surface area contributed by atoms with Crippen LogP contribution in [0.25, 0.3) is 0 Å². The van der Waals surface area contributed by atoms with Crippen molar-refractivity contribution in [1.82, 2.24) is 15.3 Å². The predicted molar refractivity (Wildman–Crippen MR) is 114 cm³/mol. The summed E-state index contributed by atoms with van der Waals surface area (Å²) < 4.78 is 28.7. The zero-order valence-electron chi connectivity index (χ0n) is 16.3. The molecular formula is C19H17ClN4O5S2. The van der Waals surface area contributed by atoms with Crippen LogP contribution in [0.5, 0.6) is 0 Å². The molecule has 0 atom stereocenters. The van der Waals surface area contributed by atoms with E-state index < -0.39 is 20.9 Å². The van der Waals surface area contributed by atoms with E-state index in [2.05, 4.69) is 20.6 Å². The zero-order valence-corrected chi connectivity index (χ0v) is 18.7. The number of halogens is 1. The van der Waals surface area contributed by atoms with Gasteiger partial charge in [-0.1, -0.05) is 11.6 Å². The van der Waals surface area contributed by atoms with E-state index in [0.29, 0.717) is 16.3 Å². The Morgan fingerprint density at radius 1 is 1.29 bits per heavy atom. The van der Waals surface area contributed by atoms with Gasteiger partial charge < -0.3 is 15.1 Å². The number of nitrogens with one attached hydrogen (secondary N) is 2. The van der Waals surface area contributed by atoms with Crippen molar-refractivity contribution in [2.75, 3.05) is 11.6 Å². The van der Waals surface area contributed by atoms with Gasteiger partial charge in [0.1, 0.15) is 10.8 Å². The van der Waals surface area contributed by atoms with E-state index in [1.54, 1.807) is 12.1 Å². The number of hydrogen-bond acceptors (Lipinski definition) is 8. The van der Waals surface area contributed by atoms with Crippen molar-refractivity contribution in [2.45, 2.75) is 31.0 Å². The first kappa shape index (κ1) is 21.5. The highest BCUT2D eigenvalue weighted by Gasteiger charge is 2.28. The lowest BCUT2D eigenvalue weighted by Gasteiger charge is -2.10. The number of carbonyl (C=O) groups excluding carboxylic acids is 2. The lowest BCUT2D eigenvalue weighted by molar-refractivity contribution is 0.0948. The SMILES string of the molecule is CS(=O)(=O)c1ncc(Cl)c(C(=O)Nc2sc3c(c2C(=O)NCc2ccco2)CCC3)n1. The number of fused-ring (bicyclic) bond motifs is 1. The first-order valence-corrected chi connectivity index (χ1v) is 12.3. The molecule has 1 aliphatic carbocycles. The number of nitrogens with zero attached hydrogens (tertiary/aromatic N) is 2. The molecule has 0 saturated heterocycles. The van der Waals surface area contributed by atoms with Gasteiger partial charge in [0.05, 0.1) is 29.6 Å². The smallest absolute Gasteiger partial charge is 0.276 e. The molecule has 4 rings (SSSR count). The Labute approximate surface area is 186 Å². The highest BCUT2D eigenvalue weighted by Crippen LogP contribution is 2.39. The van der Waals surface area contributed by atoms with Crippen molar-refractivity contribution in [3.8, 4) is 0 Å². The summed E-state index contributed by atoms with van der Waals surface area (Å²) in [6.07, 6.45) is 6.00. The summed E-state index contributed by atoms with van der Waals surface area (Å²) in [4.78, 5) is 34.2. The van der Waals surface area contributed by atoms with E-state index in [-0.39, 0.29) is 23.2 Å². The summed E-state index contributed by atoms with van der Waals surface area (Å²) in [7, 11) is -3.73. The summed E-state index contributed by atoms with van der Waals surface area (Å²) in [6.45, 7) is 0.208. The molecule has 3 aromatic rings. The average molecular weight is 481 g/mol. The minimum Gasteiger partial charge on any atom is -0.467 e. The van der Waals surface area contributed by atoms with Crippen LogP contribution in [0.3, 0.4) is 0 Å². The van der Waals surface area contributed by atoms with Gasteiger partial charge in [0, 0.05) is 11.1 Å².